The van der Waals surface area contributed by atoms with Crippen LogP contribution in [0.5, 0.6) is 0 Å². The summed E-state index contributed by atoms with van der Waals surface area (Å²) in [7, 11) is -3.28. The van der Waals surface area contributed by atoms with Crippen molar-refractivity contribution >= 4 is 27.3 Å². The molecular formula is C22H28N2O3S. The van der Waals surface area contributed by atoms with Crippen LogP contribution in [0.3, 0.4) is 0 Å². The predicted octanol–water partition coefficient (Wildman–Crippen LogP) is 4.34. The first-order valence-electron chi connectivity index (χ1n) is 9.67. The molecule has 1 N–H and O–H groups in total. The number of aryl methyl sites for hydroxylation is 1. The van der Waals surface area contributed by atoms with Gasteiger partial charge in [0, 0.05) is 17.8 Å². The molecule has 0 fully saturated rings. The molecule has 0 spiro atoms. The van der Waals surface area contributed by atoms with E-state index in [0.29, 0.717) is 17.8 Å². The average molecular weight is 401 g/mol. The van der Waals surface area contributed by atoms with Crippen LogP contribution in [0, 0.1) is 0 Å². The fourth-order valence-corrected chi connectivity index (χ4v) is 4.61. The summed E-state index contributed by atoms with van der Waals surface area (Å²) in [6.45, 7) is 8.57. The van der Waals surface area contributed by atoms with Crippen molar-refractivity contribution in [3.8, 4) is 0 Å². The second-order valence-electron chi connectivity index (χ2n) is 8.20. The number of hydrogen-bond donors (Lipinski definition) is 1. The summed E-state index contributed by atoms with van der Waals surface area (Å²) in [5.74, 6) is -0.0931. The molecule has 1 aliphatic heterocycles. The average Bonchev–Trinajstić information content (AvgIpc) is 2.66. The molecule has 0 aliphatic carbocycles. The lowest BCUT2D eigenvalue weighted by Gasteiger charge is -2.30. The summed E-state index contributed by atoms with van der Waals surface area (Å²) in [4.78, 5) is 12.6. The highest BCUT2D eigenvalue weighted by Gasteiger charge is 2.26. The molecule has 0 bridgehead atoms. The molecular weight excluding hydrogens is 372 g/mol. The molecule has 5 nitrogen and oxygen atoms in total. The van der Waals surface area contributed by atoms with E-state index in [-0.39, 0.29) is 17.1 Å². The number of nitrogens with one attached hydrogen (secondary N) is 1. The molecule has 2 aromatic rings. The Kier molecular flexibility index (Phi) is 5.53. The maximum Gasteiger partial charge on any atom is 0.255 e. The Morgan fingerprint density at radius 2 is 1.79 bits per heavy atom. The third-order valence-electron chi connectivity index (χ3n) is 5.13. The van der Waals surface area contributed by atoms with Gasteiger partial charge in [-0.3, -0.25) is 9.10 Å². The van der Waals surface area contributed by atoms with Crippen LogP contribution in [0.4, 0.5) is 11.4 Å². The maximum absolute atomic E-state index is 12.6. The highest BCUT2D eigenvalue weighted by molar-refractivity contribution is 7.92. The number of rotatable bonds is 4. The lowest BCUT2D eigenvalue weighted by atomic mass is 9.87. The SMILES string of the molecule is CCS(=O)(=O)N1CCCc2cc(NC(=O)c3ccc(C(C)(C)C)cc3)ccc21. The van der Waals surface area contributed by atoms with E-state index < -0.39 is 10.0 Å². The van der Waals surface area contributed by atoms with Crippen molar-refractivity contribution in [1.82, 2.24) is 0 Å². The van der Waals surface area contributed by atoms with E-state index in [9.17, 15) is 13.2 Å². The van der Waals surface area contributed by atoms with Crippen molar-refractivity contribution in [3.05, 3.63) is 59.2 Å². The molecule has 6 heteroatoms. The number of sulfonamides is 1. The number of carbonyl (C=O) groups excluding carboxylic acids is 1. The van der Waals surface area contributed by atoms with Crippen LogP contribution in [0.25, 0.3) is 0 Å². The lowest BCUT2D eigenvalue weighted by molar-refractivity contribution is 0.102. The summed E-state index contributed by atoms with van der Waals surface area (Å²) in [6, 6.07) is 13.1. The van der Waals surface area contributed by atoms with E-state index in [0.717, 1.165) is 24.1 Å². The Hall–Kier alpha value is -2.34. The quantitative estimate of drug-likeness (QED) is 0.830. The number of fused-ring (bicyclic) bond motifs is 1. The zero-order valence-corrected chi connectivity index (χ0v) is 17.8. The minimum atomic E-state index is -3.28. The van der Waals surface area contributed by atoms with Crippen LogP contribution in [0.2, 0.25) is 0 Å². The zero-order chi connectivity index (χ0) is 20.5. The van der Waals surface area contributed by atoms with Crippen LogP contribution in [-0.2, 0) is 21.9 Å². The van der Waals surface area contributed by atoms with E-state index in [4.69, 9.17) is 0 Å². The number of amides is 1. The number of carbonyl (C=O) groups is 1. The minimum absolute atomic E-state index is 0.0399. The van der Waals surface area contributed by atoms with Crippen molar-refractivity contribution < 1.29 is 13.2 Å². The molecule has 0 atom stereocenters. The number of anilines is 2. The maximum atomic E-state index is 12.6. The lowest BCUT2D eigenvalue weighted by Crippen LogP contribution is -2.36. The van der Waals surface area contributed by atoms with Crippen molar-refractivity contribution in [2.24, 2.45) is 0 Å². The largest absolute Gasteiger partial charge is 0.322 e. The molecule has 0 radical (unpaired) electrons. The van der Waals surface area contributed by atoms with Gasteiger partial charge in [-0.1, -0.05) is 32.9 Å². The third kappa shape index (κ3) is 4.22. The third-order valence-corrected chi connectivity index (χ3v) is 6.91. The summed E-state index contributed by atoms with van der Waals surface area (Å²) < 4.78 is 26.1. The van der Waals surface area contributed by atoms with Gasteiger partial charge in [0.2, 0.25) is 10.0 Å². The Morgan fingerprint density at radius 1 is 1.11 bits per heavy atom. The van der Waals surface area contributed by atoms with E-state index in [1.54, 1.807) is 19.1 Å². The van der Waals surface area contributed by atoms with Crippen molar-refractivity contribution in [2.45, 2.75) is 46.0 Å². The van der Waals surface area contributed by atoms with Crippen LogP contribution < -0.4 is 9.62 Å². The van der Waals surface area contributed by atoms with Gasteiger partial charge in [-0.15, -0.1) is 0 Å². The first-order chi connectivity index (χ1) is 13.1. The van der Waals surface area contributed by atoms with Crippen LogP contribution in [-0.4, -0.2) is 26.6 Å². The predicted molar refractivity (Wildman–Crippen MR) is 115 cm³/mol. The second-order valence-corrected chi connectivity index (χ2v) is 10.4. The monoisotopic (exact) mass is 400 g/mol. The smallest absolute Gasteiger partial charge is 0.255 e. The van der Waals surface area contributed by atoms with Gasteiger partial charge in [-0.2, -0.15) is 0 Å². The standard InChI is InChI=1S/C22H28N2O3S/c1-5-28(26,27)24-14-6-7-17-15-19(12-13-20(17)24)23-21(25)16-8-10-18(11-9-16)22(2,3)4/h8-13,15H,5-7,14H2,1-4H3,(H,23,25). The van der Waals surface area contributed by atoms with E-state index in [1.807, 2.05) is 30.3 Å². The number of benzene rings is 2. The Morgan fingerprint density at radius 3 is 2.39 bits per heavy atom. The summed E-state index contributed by atoms with van der Waals surface area (Å²) in [6.07, 6.45) is 1.58. The van der Waals surface area contributed by atoms with Gasteiger partial charge in [-0.05, 0) is 66.6 Å². The van der Waals surface area contributed by atoms with Gasteiger partial charge in [0.05, 0.1) is 11.4 Å². The van der Waals surface area contributed by atoms with Crippen molar-refractivity contribution in [2.75, 3.05) is 21.9 Å². The zero-order valence-electron chi connectivity index (χ0n) is 17.0. The van der Waals surface area contributed by atoms with Gasteiger partial charge in [-0.25, -0.2) is 8.42 Å². The Balaban J connectivity index is 1.80. The van der Waals surface area contributed by atoms with Gasteiger partial charge in [0.25, 0.3) is 5.91 Å². The highest BCUT2D eigenvalue weighted by Crippen LogP contribution is 2.32. The molecule has 0 saturated heterocycles. The molecule has 1 aliphatic rings. The Labute approximate surface area is 167 Å². The Bertz CT molecular complexity index is 974. The topological polar surface area (TPSA) is 66.5 Å². The van der Waals surface area contributed by atoms with Gasteiger partial charge in [0.15, 0.2) is 0 Å². The van der Waals surface area contributed by atoms with E-state index in [1.165, 1.54) is 9.87 Å². The first-order valence-corrected chi connectivity index (χ1v) is 11.3. The van der Waals surface area contributed by atoms with Gasteiger partial charge < -0.3 is 5.32 Å². The fourth-order valence-electron chi connectivity index (χ4n) is 3.41. The molecule has 0 aromatic heterocycles. The molecule has 0 unspecified atom stereocenters. The number of nitrogens with zero attached hydrogens (tertiary/aromatic N) is 1. The number of hydrogen-bond acceptors (Lipinski definition) is 3. The highest BCUT2D eigenvalue weighted by atomic mass is 32.2. The van der Waals surface area contributed by atoms with Crippen LogP contribution in [0.15, 0.2) is 42.5 Å². The molecule has 2 aromatic carbocycles. The van der Waals surface area contributed by atoms with Crippen molar-refractivity contribution in [3.63, 3.8) is 0 Å². The summed E-state index contributed by atoms with van der Waals surface area (Å²) in [5, 5.41) is 2.93. The van der Waals surface area contributed by atoms with Crippen LogP contribution in [0.1, 0.15) is 55.6 Å². The molecule has 28 heavy (non-hydrogen) atoms. The fraction of sp³-hybridized carbons (Fsp3) is 0.409. The summed E-state index contributed by atoms with van der Waals surface area (Å²) in [5.41, 5.74) is 4.17. The molecule has 150 valence electrons. The normalized spacial score (nSPS) is 14.5. The van der Waals surface area contributed by atoms with Crippen LogP contribution >= 0.6 is 0 Å². The van der Waals surface area contributed by atoms with E-state index in [2.05, 4.69) is 26.1 Å². The molecule has 1 amide bonds. The van der Waals surface area contributed by atoms with E-state index >= 15 is 0 Å². The van der Waals surface area contributed by atoms with Gasteiger partial charge in [0.1, 0.15) is 0 Å². The first kappa shape index (κ1) is 20.4. The molecule has 3 rings (SSSR count). The summed E-state index contributed by atoms with van der Waals surface area (Å²) >= 11 is 0. The molecule has 0 saturated carbocycles. The van der Waals surface area contributed by atoms with Gasteiger partial charge >= 0.3 is 0 Å². The minimum Gasteiger partial charge on any atom is -0.322 e. The second kappa shape index (κ2) is 7.59. The molecule has 1 heterocycles. The van der Waals surface area contributed by atoms with Crippen molar-refractivity contribution in [1.29, 1.82) is 0 Å².